The number of nitrogens with zero attached hydrogens (tertiary/aromatic N) is 4. The molecule has 6 heteroatoms. The molecule has 0 saturated carbocycles. The van der Waals surface area contributed by atoms with Gasteiger partial charge in [-0.2, -0.15) is 0 Å². The van der Waals surface area contributed by atoms with Crippen molar-refractivity contribution in [1.82, 2.24) is 19.9 Å². The molecule has 1 saturated heterocycles. The number of hydrogen-bond donors (Lipinski definition) is 1. The van der Waals surface area contributed by atoms with Crippen molar-refractivity contribution in [3.8, 4) is 11.3 Å². The summed E-state index contributed by atoms with van der Waals surface area (Å²) in [6.07, 6.45) is 12.5. The Morgan fingerprint density at radius 1 is 1.06 bits per heavy atom. The predicted molar refractivity (Wildman–Crippen MR) is 125 cm³/mol. The molecule has 1 amide bonds. The van der Waals surface area contributed by atoms with E-state index in [0.717, 1.165) is 55.0 Å². The Morgan fingerprint density at radius 3 is 2.69 bits per heavy atom. The molecule has 0 unspecified atom stereocenters. The van der Waals surface area contributed by atoms with Crippen molar-refractivity contribution in [2.45, 2.75) is 38.1 Å². The third-order valence-electron chi connectivity index (χ3n) is 6.19. The molecule has 1 aliphatic heterocycles. The topological polar surface area (TPSA) is 71.0 Å². The molecule has 32 heavy (non-hydrogen) atoms. The van der Waals surface area contributed by atoms with Crippen molar-refractivity contribution in [1.29, 1.82) is 0 Å². The number of hydrogen-bond acceptors (Lipinski definition) is 5. The van der Waals surface area contributed by atoms with Gasteiger partial charge in [0, 0.05) is 42.7 Å². The van der Waals surface area contributed by atoms with Crippen LogP contribution in [0.1, 0.15) is 44.0 Å². The zero-order valence-electron chi connectivity index (χ0n) is 18.0. The van der Waals surface area contributed by atoms with Crippen molar-refractivity contribution < 1.29 is 4.79 Å². The molecule has 1 aromatic carbocycles. The van der Waals surface area contributed by atoms with Crippen LogP contribution >= 0.6 is 0 Å². The minimum atomic E-state index is -0.0917. The SMILES string of the molecule is O=C(C[C@@H]1C=CCC1)N1CCC[C@H]1c1nc(Nc2ccccc2)cc(-c2ccncc2)n1. The molecule has 2 aromatic heterocycles. The molecule has 1 aliphatic carbocycles. The van der Waals surface area contributed by atoms with Crippen molar-refractivity contribution in [3.63, 3.8) is 0 Å². The highest BCUT2D eigenvalue weighted by molar-refractivity contribution is 5.77. The maximum absolute atomic E-state index is 13.1. The van der Waals surface area contributed by atoms with Gasteiger partial charge in [-0.05, 0) is 55.9 Å². The highest BCUT2D eigenvalue weighted by Crippen LogP contribution is 2.34. The number of nitrogens with one attached hydrogen (secondary N) is 1. The maximum atomic E-state index is 13.1. The summed E-state index contributed by atoms with van der Waals surface area (Å²) in [7, 11) is 0. The fraction of sp³-hybridized carbons (Fsp3) is 0.308. The summed E-state index contributed by atoms with van der Waals surface area (Å²) in [5.74, 6) is 2.00. The largest absolute Gasteiger partial charge is 0.340 e. The molecule has 5 rings (SSSR count). The molecule has 2 aliphatic rings. The number of likely N-dealkylation sites (tertiary alicyclic amines) is 1. The van der Waals surface area contributed by atoms with Gasteiger partial charge in [-0.15, -0.1) is 0 Å². The normalized spacial score (nSPS) is 19.9. The second-order valence-corrected chi connectivity index (χ2v) is 8.44. The molecule has 6 nitrogen and oxygen atoms in total. The van der Waals surface area contributed by atoms with E-state index in [4.69, 9.17) is 9.97 Å². The van der Waals surface area contributed by atoms with Crippen LogP contribution in [0.25, 0.3) is 11.3 Å². The first-order chi connectivity index (χ1) is 15.8. The lowest BCUT2D eigenvalue weighted by molar-refractivity contribution is -0.133. The lowest BCUT2D eigenvalue weighted by Gasteiger charge is -2.25. The van der Waals surface area contributed by atoms with E-state index in [0.29, 0.717) is 18.2 Å². The minimum Gasteiger partial charge on any atom is -0.340 e. The van der Waals surface area contributed by atoms with E-state index in [1.54, 1.807) is 12.4 Å². The third kappa shape index (κ3) is 4.54. The Kier molecular flexibility index (Phi) is 5.92. The zero-order valence-corrected chi connectivity index (χ0v) is 18.0. The van der Waals surface area contributed by atoms with Crippen molar-refractivity contribution >= 4 is 17.4 Å². The lowest BCUT2D eigenvalue weighted by atomic mass is 10.0. The van der Waals surface area contributed by atoms with Gasteiger partial charge in [0.2, 0.25) is 5.91 Å². The number of carbonyl (C=O) groups excluding carboxylic acids is 1. The first-order valence-electron chi connectivity index (χ1n) is 11.3. The number of anilines is 2. The highest BCUT2D eigenvalue weighted by Gasteiger charge is 2.33. The Labute approximate surface area is 188 Å². The van der Waals surface area contributed by atoms with Crippen molar-refractivity contribution in [2.24, 2.45) is 5.92 Å². The molecule has 3 aromatic rings. The molecule has 1 N–H and O–H groups in total. The van der Waals surface area contributed by atoms with E-state index < -0.39 is 0 Å². The molecule has 1 fully saturated rings. The van der Waals surface area contributed by atoms with Crippen LogP contribution < -0.4 is 5.32 Å². The van der Waals surface area contributed by atoms with Gasteiger partial charge in [0.05, 0.1) is 11.7 Å². The van der Waals surface area contributed by atoms with Gasteiger partial charge in [-0.3, -0.25) is 9.78 Å². The second kappa shape index (κ2) is 9.30. The van der Waals surface area contributed by atoms with Gasteiger partial charge >= 0.3 is 0 Å². The van der Waals surface area contributed by atoms with Crippen molar-refractivity contribution in [3.05, 3.63) is 78.9 Å². The number of para-hydroxylation sites is 1. The number of amides is 1. The maximum Gasteiger partial charge on any atom is 0.223 e. The van der Waals surface area contributed by atoms with E-state index in [2.05, 4.69) is 22.5 Å². The lowest BCUT2D eigenvalue weighted by Crippen LogP contribution is -2.32. The molecule has 2 atom stereocenters. The van der Waals surface area contributed by atoms with E-state index >= 15 is 0 Å². The standard InChI is InChI=1S/C26H27N5O/c32-25(17-19-7-4-5-8-19)31-16-6-11-23(31)26-29-22(20-12-14-27-15-13-20)18-24(30-26)28-21-9-2-1-3-10-21/h1-4,7,9-10,12-15,18-19,23H,5-6,8,11,16-17H2,(H,28,29,30)/t19-,23+/m1/s1. The second-order valence-electron chi connectivity index (χ2n) is 8.44. The van der Waals surface area contributed by atoms with Crippen LogP contribution in [0.15, 0.2) is 73.1 Å². The van der Waals surface area contributed by atoms with Crippen LogP contribution in [0.3, 0.4) is 0 Å². The van der Waals surface area contributed by atoms with Crippen LogP contribution in [0, 0.1) is 5.92 Å². The summed E-state index contributed by atoms with van der Waals surface area (Å²) < 4.78 is 0. The Hall–Kier alpha value is -3.54. The number of pyridine rings is 1. The molecule has 162 valence electrons. The van der Waals surface area contributed by atoms with Gasteiger partial charge < -0.3 is 10.2 Å². The predicted octanol–water partition coefficient (Wildman–Crippen LogP) is 5.30. The molecular weight excluding hydrogens is 398 g/mol. The fourth-order valence-corrected chi connectivity index (χ4v) is 4.56. The Bertz CT molecular complexity index is 1100. The van der Waals surface area contributed by atoms with Gasteiger partial charge in [0.25, 0.3) is 0 Å². The monoisotopic (exact) mass is 425 g/mol. The minimum absolute atomic E-state index is 0.0917. The molecule has 3 heterocycles. The zero-order chi connectivity index (χ0) is 21.8. The number of carbonyl (C=O) groups is 1. The van der Waals surface area contributed by atoms with Gasteiger partial charge in [0.1, 0.15) is 5.82 Å². The van der Waals surface area contributed by atoms with E-state index in [1.807, 2.05) is 53.4 Å². The summed E-state index contributed by atoms with van der Waals surface area (Å²) in [5, 5.41) is 3.40. The third-order valence-corrected chi connectivity index (χ3v) is 6.19. The number of allylic oxidation sites excluding steroid dienone is 2. The average Bonchev–Trinajstić information content (AvgIpc) is 3.52. The van der Waals surface area contributed by atoms with Crippen molar-refractivity contribution in [2.75, 3.05) is 11.9 Å². The molecular formula is C26H27N5O. The first kappa shape index (κ1) is 20.4. The fourth-order valence-electron chi connectivity index (χ4n) is 4.56. The van der Waals surface area contributed by atoms with Crippen LogP contribution in [-0.4, -0.2) is 32.3 Å². The van der Waals surface area contributed by atoms with Gasteiger partial charge in [-0.1, -0.05) is 30.4 Å². The van der Waals surface area contributed by atoms with Crippen LogP contribution in [-0.2, 0) is 4.79 Å². The summed E-state index contributed by atoms with van der Waals surface area (Å²) in [6.45, 7) is 0.768. The smallest absolute Gasteiger partial charge is 0.223 e. The molecule has 0 bridgehead atoms. The van der Waals surface area contributed by atoms with Gasteiger partial charge in [0.15, 0.2) is 5.82 Å². The van der Waals surface area contributed by atoms with E-state index in [-0.39, 0.29) is 11.9 Å². The number of aromatic nitrogens is 3. The van der Waals surface area contributed by atoms with E-state index in [9.17, 15) is 4.79 Å². The van der Waals surface area contributed by atoms with Crippen LogP contribution in [0.4, 0.5) is 11.5 Å². The summed E-state index contributed by atoms with van der Waals surface area (Å²) in [4.78, 5) is 29.0. The number of rotatable bonds is 6. The summed E-state index contributed by atoms with van der Waals surface area (Å²) >= 11 is 0. The Balaban J connectivity index is 1.46. The van der Waals surface area contributed by atoms with Crippen LogP contribution in [0.5, 0.6) is 0 Å². The first-order valence-corrected chi connectivity index (χ1v) is 11.3. The van der Waals surface area contributed by atoms with Crippen LogP contribution in [0.2, 0.25) is 0 Å². The summed E-state index contributed by atoms with van der Waals surface area (Å²) in [5.41, 5.74) is 2.77. The molecule has 0 spiro atoms. The number of benzene rings is 1. The van der Waals surface area contributed by atoms with Gasteiger partial charge in [-0.25, -0.2) is 9.97 Å². The quantitative estimate of drug-likeness (QED) is 0.543. The summed E-state index contributed by atoms with van der Waals surface area (Å²) in [6, 6.07) is 15.7. The molecule has 0 radical (unpaired) electrons. The average molecular weight is 426 g/mol. The van der Waals surface area contributed by atoms with E-state index in [1.165, 1.54) is 0 Å². The highest BCUT2D eigenvalue weighted by atomic mass is 16.2. The Morgan fingerprint density at radius 2 is 1.91 bits per heavy atom.